The van der Waals surface area contributed by atoms with Crippen LogP contribution in [0.4, 0.5) is 10.1 Å². The van der Waals surface area contributed by atoms with Crippen LogP contribution in [0.3, 0.4) is 0 Å². The van der Waals surface area contributed by atoms with Gasteiger partial charge >= 0.3 is 0 Å². The third kappa shape index (κ3) is 3.89. The average molecular weight is 335 g/mol. The van der Waals surface area contributed by atoms with Crippen LogP contribution in [-0.4, -0.2) is 26.0 Å². The summed E-state index contributed by atoms with van der Waals surface area (Å²) in [6, 6.07) is 11.9. The highest BCUT2D eigenvalue weighted by Crippen LogP contribution is 2.19. The van der Waals surface area contributed by atoms with Gasteiger partial charge in [0.15, 0.2) is 0 Å². The molecule has 2 aromatic rings. The van der Waals surface area contributed by atoms with Gasteiger partial charge in [-0.1, -0.05) is 6.07 Å². The predicted molar refractivity (Wildman–Crippen MR) is 93.1 cm³/mol. The summed E-state index contributed by atoms with van der Waals surface area (Å²) in [4.78, 5) is 14.2. The summed E-state index contributed by atoms with van der Waals surface area (Å²) in [6.45, 7) is 1.92. The highest BCUT2D eigenvalue weighted by Gasteiger charge is 2.16. The summed E-state index contributed by atoms with van der Waals surface area (Å²) in [5, 5.41) is 3.37. The van der Waals surface area contributed by atoms with E-state index in [0.29, 0.717) is 11.3 Å². The van der Waals surface area contributed by atoms with Gasteiger partial charge in [0.2, 0.25) is 0 Å². The Hall–Kier alpha value is -1.91. The van der Waals surface area contributed by atoms with Gasteiger partial charge in [0, 0.05) is 18.3 Å². The third-order valence-electron chi connectivity index (χ3n) is 4.11. The molecule has 0 saturated carbocycles. The van der Waals surface area contributed by atoms with Crippen LogP contribution in [0.15, 0.2) is 42.5 Å². The normalized spacial score (nSPS) is 13.5. The number of anilines is 1. The van der Waals surface area contributed by atoms with Gasteiger partial charge in [0.05, 0.1) is 0 Å². The number of halogens is 2. The number of hydrogen-bond donors (Lipinski definition) is 1. The van der Waals surface area contributed by atoms with E-state index in [1.54, 1.807) is 24.1 Å². The monoisotopic (exact) mass is 334 g/mol. The molecule has 3 rings (SSSR count). The SMILES string of the molecule is CN(C(=O)c1ccc2c(c1)CCNCC2)c1ccc(F)cc1.Cl. The molecule has 5 heteroatoms. The third-order valence-corrected chi connectivity index (χ3v) is 4.11. The average Bonchev–Trinajstić information content (AvgIpc) is 2.78. The van der Waals surface area contributed by atoms with Crippen molar-refractivity contribution in [2.45, 2.75) is 12.8 Å². The Morgan fingerprint density at radius 1 is 1.04 bits per heavy atom. The molecule has 0 saturated heterocycles. The van der Waals surface area contributed by atoms with Gasteiger partial charge in [-0.3, -0.25) is 4.79 Å². The minimum Gasteiger partial charge on any atom is -0.316 e. The van der Waals surface area contributed by atoms with Crippen molar-refractivity contribution in [2.75, 3.05) is 25.0 Å². The maximum atomic E-state index is 13.0. The van der Waals surface area contributed by atoms with Gasteiger partial charge in [0.25, 0.3) is 5.91 Å². The van der Waals surface area contributed by atoms with Crippen LogP contribution in [0, 0.1) is 5.82 Å². The Balaban J connectivity index is 0.00000192. The zero-order valence-corrected chi connectivity index (χ0v) is 13.8. The molecule has 0 aliphatic carbocycles. The van der Waals surface area contributed by atoms with E-state index in [1.165, 1.54) is 23.3 Å². The van der Waals surface area contributed by atoms with Crippen LogP contribution >= 0.6 is 12.4 Å². The molecular weight excluding hydrogens is 315 g/mol. The molecule has 0 fully saturated rings. The lowest BCUT2D eigenvalue weighted by Crippen LogP contribution is -2.26. The Bertz CT molecular complexity index is 688. The Labute approximate surface area is 141 Å². The van der Waals surface area contributed by atoms with E-state index in [0.717, 1.165) is 25.9 Å². The molecule has 122 valence electrons. The summed E-state index contributed by atoms with van der Waals surface area (Å²) in [6.07, 6.45) is 1.94. The second-order valence-corrected chi connectivity index (χ2v) is 5.57. The van der Waals surface area contributed by atoms with Gasteiger partial charge in [-0.15, -0.1) is 12.4 Å². The quantitative estimate of drug-likeness (QED) is 0.914. The summed E-state index contributed by atoms with van der Waals surface area (Å²) < 4.78 is 13.0. The van der Waals surface area contributed by atoms with Gasteiger partial charge in [-0.25, -0.2) is 4.39 Å². The summed E-state index contributed by atoms with van der Waals surface area (Å²) in [5.41, 5.74) is 3.91. The molecule has 0 aromatic heterocycles. The first-order valence-electron chi connectivity index (χ1n) is 7.51. The zero-order valence-electron chi connectivity index (χ0n) is 13.0. The Morgan fingerprint density at radius 2 is 1.70 bits per heavy atom. The molecular formula is C18H20ClFN2O. The van der Waals surface area contributed by atoms with Crippen LogP contribution in [0.2, 0.25) is 0 Å². The number of nitrogens with zero attached hydrogens (tertiary/aromatic N) is 1. The number of hydrogen-bond acceptors (Lipinski definition) is 2. The fourth-order valence-corrected chi connectivity index (χ4v) is 2.78. The molecule has 1 N–H and O–H groups in total. The number of fused-ring (bicyclic) bond motifs is 1. The molecule has 2 aromatic carbocycles. The largest absolute Gasteiger partial charge is 0.316 e. The fraction of sp³-hybridized carbons (Fsp3) is 0.278. The van der Waals surface area contributed by atoms with Gasteiger partial charge < -0.3 is 10.2 Å². The van der Waals surface area contributed by atoms with Gasteiger partial charge in [-0.2, -0.15) is 0 Å². The maximum absolute atomic E-state index is 13.0. The van der Waals surface area contributed by atoms with E-state index in [-0.39, 0.29) is 24.1 Å². The first kappa shape index (κ1) is 17.4. The van der Waals surface area contributed by atoms with Crippen molar-refractivity contribution in [3.63, 3.8) is 0 Å². The molecule has 0 radical (unpaired) electrons. The molecule has 3 nitrogen and oxygen atoms in total. The lowest BCUT2D eigenvalue weighted by molar-refractivity contribution is 0.0993. The van der Waals surface area contributed by atoms with Gasteiger partial charge in [0.1, 0.15) is 5.82 Å². The zero-order chi connectivity index (χ0) is 15.5. The van der Waals surface area contributed by atoms with Crippen molar-refractivity contribution in [3.8, 4) is 0 Å². The number of rotatable bonds is 2. The lowest BCUT2D eigenvalue weighted by atomic mass is 9.99. The second kappa shape index (κ2) is 7.57. The first-order valence-corrected chi connectivity index (χ1v) is 7.51. The Morgan fingerprint density at radius 3 is 2.39 bits per heavy atom. The van der Waals surface area contributed by atoms with Crippen LogP contribution < -0.4 is 10.2 Å². The summed E-state index contributed by atoms with van der Waals surface area (Å²) in [7, 11) is 1.71. The van der Waals surface area contributed by atoms with Crippen LogP contribution in [0.1, 0.15) is 21.5 Å². The van der Waals surface area contributed by atoms with Crippen molar-refractivity contribution >= 4 is 24.0 Å². The number of carbonyl (C=O) groups is 1. The molecule has 0 unspecified atom stereocenters. The van der Waals surface area contributed by atoms with Crippen LogP contribution in [0.5, 0.6) is 0 Å². The minimum absolute atomic E-state index is 0. The summed E-state index contributed by atoms with van der Waals surface area (Å²) >= 11 is 0. The van der Waals surface area contributed by atoms with E-state index in [1.807, 2.05) is 18.2 Å². The lowest BCUT2D eigenvalue weighted by Gasteiger charge is -2.18. The standard InChI is InChI=1S/C18H19FN2O.ClH/c1-21(17-6-4-16(19)5-7-17)18(22)15-3-2-13-8-10-20-11-9-14(13)12-15;/h2-7,12,20H,8-11H2,1H3;1H. The van der Waals surface area contributed by atoms with Crippen molar-refractivity contribution < 1.29 is 9.18 Å². The first-order chi connectivity index (χ1) is 10.6. The molecule has 0 atom stereocenters. The maximum Gasteiger partial charge on any atom is 0.258 e. The molecule has 23 heavy (non-hydrogen) atoms. The number of benzene rings is 2. The molecule has 1 aliphatic heterocycles. The van der Waals surface area contributed by atoms with Crippen molar-refractivity contribution in [1.82, 2.24) is 5.32 Å². The molecule has 1 heterocycles. The van der Waals surface area contributed by atoms with Gasteiger partial charge in [-0.05, 0) is 73.5 Å². The van der Waals surface area contributed by atoms with E-state index < -0.39 is 0 Å². The topological polar surface area (TPSA) is 32.3 Å². The van der Waals surface area contributed by atoms with E-state index in [4.69, 9.17) is 0 Å². The molecule has 1 amide bonds. The molecule has 0 spiro atoms. The number of nitrogens with one attached hydrogen (secondary N) is 1. The van der Waals surface area contributed by atoms with E-state index in [9.17, 15) is 9.18 Å². The van der Waals surface area contributed by atoms with Crippen molar-refractivity contribution in [1.29, 1.82) is 0 Å². The van der Waals surface area contributed by atoms with Crippen LogP contribution in [0.25, 0.3) is 0 Å². The fourth-order valence-electron chi connectivity index (χ4n) is 2.78. The minimum atomic E-state index is -0.304. The Kier molecular flexibility index (Phi) is 5.74. The summed E-state index contributed by atoms with van der Waals surface area (Å²) in [5.74, 6) is -0.381. The predicted octanol–water partition coefficient (Wildman–Crippen LogP) is 3.21. The highest BCUT2D eigenvalue weighted by molar-refractivity contribution is 6.05. The number of amides is 1. The highest BCUT2D eigenvalue weighted by atomic mass is 35.5. The van der Waals surface area contributed by atoms with E-state index in [2.05, 4.69) is 5.32 Å². The molecule has 0 bridgehead atoms. The molecule has 1 aliphatic rings. The number of carbonyl (C=O) groups excluding carboxylic acids is 1. The van der Waals surface area contributed by atoms with Crippen molar-refractivity contribution in [2.24, 2.45) is 0 Å². The van der Waals surface area contributed by atoms with Crippen LogP contribution in [-0.2, 0) is 12.8 Å². The van der Waals surface area contributed by atoms with E-state index >= 15 is 0 Å². The second-order valence-electron chi connectivity index (χ2n) is 5.57. The smallest absolute Gasteiger partial charge is 0.258 e. The van der Waals surface area contributed by atoms with Crippen molar-refractivity contribution in [3.05, 3.63) is 65.0 Å².